The average molecular weight is 678 g/mol. The maximum atomic E-state index is 9.65. The van der Waals surface area contributed by atoms with Crippen molar-refractivity contribution in [2.45, 2.75) is 19.3 Å². The summed E-state index contributed by atoms with van der Waals surface area (Å²) >= 11 is 0. The Morgan fingerprint density at radius 1 is 0.415 bits per heavy atom. The molecule has 1 aliphatic carbocycles. The van der Waals surface area contributed by atoms with Crippen LogP contribution in [0.1, 0.15) is 30.5 Å². The molecule has 3 nitrogen and oxygen atoms in total. The van der Waals surface area contributed by atoms with Gasteiger partial charge in [0.15, 0.2) is 0 Å². The minimum Gasteiger partial charge on any atom is -0.265 e. The zero-order valence-corrected chi connectivity index (χ0v) is 29.6. The molecule has 250 valence electrons. The van der Waals surface area contributed by atoms with E-state index < -0.39 is 0 Å². The molecule has 0 spiro atoms. The van der Waals surface area contributed by atoms with Crippen LogP contribution >= 0.6 is 0 Å². The van der Waals surface area contributed by atoms with Gasteiger partial charge in [-0.2, -0.15) is 5.26 Å². The van der Waals surface area contributed by atoms with E-state index in [0.29, 0.717) is 5.56 Å². The van der Waals surface area contributed by atoms with Crippen LogP contribution in [0.25, 0.3) is 78.1 Å². The molecule has 6 aromatic carbocycles. The first-order valence-corrected chi connectivity index (χ1v) is 17.9. The van der Waals surface area contributed by atoms with Crippen molar-refractivity contribution in [1.82, 2.24) is 9.97 Å². The quantitative estimate of drug-likeness (QED) is 0.176. The molecule has 1 aliphatic rings. The van der Waals surface area contributed by atoms with Crippen LogP contribution in [0, 0.1) is 11.3 Å². The summed E-state index contributed by atoms with van der Waals surface area (Å²) in [4.78, 5) is 9.66. The minimum atomic E-state index is -0.240. The number of nitriles is 1. The van der Waals surface area contributed by atoms with E-state index >= 15 is 0 Å². The number of hydrogen-bond acceptors (Lipinski definition) is 3. The van der Waals surface area contributed by atoms with Gasteiger partial charge in [-0.15, -0.1) is 0 Å². The lowest BCUT2D eigenvalue weighted by atomic mass is 9.81. The predicted octanol–water partition coefficient (Wildman–Crippen LogP) is 12.7. The lowest BCUT2D eigenvalue weighted by Crippen LogP contribution is -2.15. The number of pyridine rings is 2. The van der Waals surface area contributed by atoms with Crippen molar-refractivity contribution in [2.75, 3.05) is 0 Å². The van der Waals surface area contributed by atoms with Gasteiger partial charge in [-0.3, -0.25) is 4.98 Å². The largest absolute Gasteiger partial charge is 0.265 e. The molecule has 0 aliphatic heterocycles. The van der Waals surface area contributed by atoms with Crippen LogP contribution in [-0.4, -0.2) is 9.97 Å². The molecule has 0 fully saturated rings. The summed E-state index contributed by atoms with van der Waals surface area (Å²) in [6.45, 7) is 4.52. The van der Waals surface area contributed by atoms with Crippen molar-refractivity contribution < 1.29 is 0 Å². The molecule has 0 N–H and O–H groups in total. The number of rotatable bonds is 6. The van der Waals surface area contributed by atoms with Crippen LogP contribution in [0.4, 0.5) is 0 Å². The van der Waals surface area contributed by atoms with Gasteiger partial charge in [0.2, 0.25) is 0 Å². The van der Waals surface area contributed by atoms with Crippen LogP contribution in [0.5, 0.6) is 0 Å². The molecule has 8 aromatic rings. The number of fused-ring (bicyclic) bond motifs is 3. The Morgan fingerprint density at radius 3 is 1.55 bits per heavy atom. The second kappa shape index (κ2) is 13.0. The third-order valence-electron chi connectivity index (χ3n) is 10.6. The standard InChI is InChI=1S/C50H35N3/c1-50(2)46-25-33(32-51)13-19-44(46)45-20-18-39(29-47(45)50)41-26-40(37-21-23-52-24-22-37)27-43(28-41)49-31-42(35-11-7-4-8-12-35)30-48(53-49)38-16-14-36(15-17-38)34-9-5-3-6-10-34/h3-31H,1-2H3. The van der Waals surface area contributed by atoms with Gasteiger partial charge >= 0.3 is 0 Å². The Labute approximate surface area is 310 Å². The van der Waals surface area contributed by atoms with Gasteiger partial charge in [0.25, 0.3) is 0 Å². The summed E-state index contributed by atoms with van der Waals surface area (Å²) < 4.78 is 0. The molecule has 0 saturated heterocycles. The fraction of sp³-hybridized carbons (Fsp3) is 0.0600. The number of benzene rings is 6. The first kappa shape index (κ1) is 32.0. The maximum Gasteiger partial charge on any atom is 0.0991 e. The third kappa shape index (κ3) is 5.91. The Bertz CT molecular complexity index is 2670. The normalized spacial score (nSPS) is 12.5. The zero-order chi connectivity index (χ0) is 35.9. The summed E-state index contributed by atoms with van der Waals surface area (Å²) in [5, 5.41) is 9.65. The number of aromatic nitrogens is 2. The first-order chi connectivity index (χ1) is 25.9. The van der Waals surface area contributed by atoms with Crippen molar-refractivity contribution in [3.63, 3.8) is 0 Å². The Kier molecular flexibility index (Phi) is 7.87. The molecule has 3 heteroatoms. The molecule has 0 radical (unpaired) electrons. The van der Waals surface area contributed by atoms with E-state index in [9.17, 15) is 5.26 Å². The molecule has 2 aromatic heterocycles. The van der Waals surface area contributed by atoms with Gasteiger partial charge in [-0.1, -0.05) is 117 Å². The van der Waals surface area contributed by atoms with Crippen LogP contribution in [-0.2, 0) is 5.41 Å². The van der Waals surface area contributed by atoms with Gasteiger partial charge in [-0.25, -0.2) is 4.98 Å². The van der Waals surface area contributed by atoms with Gasteiger partial charge in [0.05, 0.1) is 23.0 Å². The van der Waals surface area contributed by atoms with E-state index in [2.05, 4.69) is 177 Å². The summed E-state index contributed by atoms with van der Waals surface area (Å²) in [6, 6.07) is 60.2. The summed E-state index contributed by atoms with van der Waals surface area (Å²) in [5.74, 6) is 0. The van der Waals surface area contributed by atoms with E-state index in [-0.39, 0.29) is 5.41 Å². The maximum absolute atomic E-state index is 9.65. The highest BCUT2D eigenvalue weighted by Crippen LogP contribution is 2.50. The number of hydrogen-bond donors (Lipinski definition) is 0. The molecule has 2 heterocycles. The first-order valence-electron chi connectivity index (χ1n) is 17.9. The van der Waals surface area contributed by atoms with Crippen LogP contribution in [0.15, 0.2) is 176 Å². The van der Waals surface area contributed by atoms with E-state index in [0.717, 1.165) is 55.9 Å². The molecule has 0 atom stereocenters. The number of nitrogens with zero attached hydrogens (tertiary/aromatic N) is 3. The molecular formula is C50H35N3. The molecule has 0 saturated carbocycles. The summed E-state index contributed by atoms with van der Waals surface area (Å²) in [6.07, 6.45) is 3.69. The summed E-state index contributed by atoms with van der Waals surface area (Å²) in [5.41, 5.74) is 18.3. The van der Waals surface area contributed by atoms with Crippen molar-refractivity contribution in [2.24, 2.45) is 0 Å². The fourth-order valence-corrected chi connectivity index (χ4v) is 7.73. The highest BCUT2D eigenvalue weighted by atomic mass is 14.7. The van der Waals surface area contributed by atoms with E-state index in [4.69, 9.17) is 4.98 Å². The van der Waals surface area contributed by atoms with Crippen LogP contribution < -0.4 is 0 Å². The van der Waals surface area contributed by atoms with Gasteiger partial charge in [0.1, 0.15) is 0 Å². The molecule has 0 amide bonds. The highest BCUT2D eigenvalue weighted by Gasteiger charge is 2.35. The fourth-order valence-electron chi connectivity index (χ4n) is 7.73. The van der Waals surface area contributed by atoms with Crippen molar-refractivity contribution in [3.05, 3.63) is 193 Å². The van der Waals surface area contributed by atoms with Crippen molar-refractivity contribution in [3.8, 4) is 84.2 Å². The molecule has 0 unspecified atom stereocenters. The lowest BCUT2D eigenvalue weighted by molar-refractivity contribution is 0.660. The Morgan fingerprint density at radius 2 is 0.887 bits per heavy atom. The van der Waals surface area contributed by atoms with Crippen LogP contribution in [0.2, 0.25) is 0 Å². The van der Waals surface area contributed by atoms with E-state index in [1.165, 1.54) is 33.4 Å². The van der Waals surface area contributed by atoms with Gasteiger partial charge < -0.3 is 0 Å². The topological polar surface area (TPSA) is 49.6 Å². The van der Waals surface area contributed by atoms with Gasteiger partial charge in [0, 0.05) is 28.9 Å². The lowest BCUT2D eigenvalue weighted by Gasteiger charge is -2.22. The van der Waals surface area contributed by atoms with Crippen molar-refractivity contribution in [1.29, 1.82) is 5.26 Å². The second-order valence-electron chi connectivity index (χ2n) is 14.2. The zero-order valence-electron chi connectivity index (χ0n) is 29.6. The molecule has 9 rings (SSSR count). The van der Waals surface area contributed by atoms with Gasteiger partial charge in [-0.05, 0) is 127 Å². The smallest absolute Gasteiger partial charge is 0.0991 e. The average Bonchev–Trinajstić information content (AvgIpc) is 3.46. The predicted molar refractivity (Wildman–Crippen MR) is 217 cm³/mol. The van der Waals surface area contributed by atoms with Crippen molar-refractivity contribution >= 4 is 0 Å². The van der Waals surface area contributed by atoms with E-state index in [1.54, 1.807) is 0 Å². The highest BCUT2D eigenvalue weighted by molar-refractivity contribution is 5.87. The Hall–Kier alpha value is -6.89. The van der Waals surface area contributed by atoms with Crippen LogP contribution in [0.3, 0.4) is 0 Å². The summed E-state index contributed by atoms with van der Waals surface area (Å²) in [7, 11) is 0. The molecule has 0 bridgehead atoms. The SMILES string of the molecule is CC1(C)c2cc(C#N)ccc2-c2ccc(-c3cc(-c4ccncc4)cc(-c4cc(-c5ccccc5)cc(-c5ccc(-c6ccccc6)cc5)n4)c3)cc21. The third-order valence-corrected chi connectivity index (χ3v) is 10.6. The minimum absolute atomic E-state index is 0.240. The van der Waals surface area contributed by atoms with E-state index in [1.807, 2.05) is 24.5 Å². The molecule has 53 heavy (non-hydrogen) atoms. The molecular weight excluding hydrogens is 643 g/mol. The Balaban J connectivity index is 1.20. The second-order valence-corrected chi connectivity index (χ2v) is 14.2. The monoisotopic (exact) mass is 677 g/mol.